The molecule has 3 rings (SSSR count). The molecule has 1 N–H and O–H groups in total. The van der Waals surface area contributed by atoms with Crippen molar-refractivity contribution in [1.82, 2.24) is 20.2 Å². The Balaban J connectivity index is 1.62. The van der Waals surface area contributed by atoms with Crippen LogP contribution in [0.3, 0.4) is 0 Å². The summed E-state index contributed by atoms with van der Waals surface area (Å²) in [6.07, 6.45) is 4.97. The van der Waals surface area contributed by atoms with Crippen molar-refractivity contribution in [2.75, 3.05) is 51.3 Å². The normalized spacial score (nSPS) is 21.7. The number of carbonyl (C=O) groups is 1. The molecule has 0 aromatic carbocycles. The molecule has 0 spiro atoms. The van der Waals surface area contributed by atoms with Gasteiger partial charge in [-0.2, -0.15) is 0 Å². The molecule has 2 fully saturated rings. The Morgan fingerprint density at radius 3 is 2.41 bits per heavy atom. The van der Waals surface area contributed by atoms with E-state index in [1.54, 1.807) is 19.5 Å². The molecule has 0 unspecified atom stereocenters. The van der Waals surface area contributed by atoms with Gasteiger partial charge < -0.3 is 19.9 Å². The van der Waals surface area contributed by atoms with Gasteiger partial charge in [0.15, 0.2) is 0 Å². The maximum atomic E-state index is 12.9. The summed E-state index contributed by atoms with van der Waals surface area (Å²) < 4.78 is 5.64. The van der Waals surface area contributed by atoms with E-state index in [-0.39, 0.29) is 5.91 Å². The van der Waals surface area contributed by atoms with E-state index >= 15 is 0 Å². The predicted molar refractivity (Wildman–Crippen MR) is 82.7 cm³/mol. The number of piperidine rings is 1. The third kappa shape index (κ3) is 2.91. The fourth-order valence-electron chi connectivity index (χ4n) is 3.19. The molecule has 2 aliphatic heterocycles. The van der Waals surface area contributed by atoms with E-state index in [1.807, 2.05) is 11.0 Å². The van der Waals surface area contributed by atoms with E-state index in [2.05, 4.69) is 20.2 Å². The molecular weight excluding hydrogens is 282 g/mol. The molecule has 1 aromatic rings. The van der Waals surface area contributed by atoms with Crippen molar-refractivity contribution in [3.8, 4) is 0 Å². The first-order chi connectivity index (χ1) is 10.7. The van der Waals surface area contributed by atoms with Crippen molar-refractivity contribution in [3.05, 3.63) is 18.5 Å². The predicted octanol–water partition coefficient (Wildman–Crippen LogP) is -0.106. The number of hydrogen-bond acceptors (Lipinski definition) is 6. The molecule has 2 aliphatic rings. The lowest BCUT2D eigenvalue weighted by atomic mass is 9.90. The van der Waals surface area contributed by atoms with Crippen LogP contribution in [0.4, 0.5) is 5.95 Å². The zero-order valence-electron chi connectivity index (χ0n) is 13.0. The number of anilines is 1. The third-order valence-electron chi connectivity index (χ3n) is 4.59. The van der Waals surface area contributed by atoms with Crippen LogP contribution in [0.5, 0.6) is 0 Å². The summed E-state index contributed by atoms with van der Waals surface area (Å²) in [7, 11) is 1.65. The van der Waals surface area contributed by atoms with Crippen LogP contribution in [0.1, 0.15) is 12.8 Å². The van der Waals surface area contributed by atoms with Crippen LogP contribution in [0.15, 0.2) is 18.5 Å². The Morgan fingerprint density at radius 2 is 1.82 bits per heavy atom. The van der Waals surface area contributed by atoms with Gasteiger partial charge in [0, 0.05) is 45.7 Å². The highest BCUT2D eigenvalue weighted by Gasteiger charge is 2.43. The number of rotatable bonds is 3. The summed E-state index contributed by atoms with van der Waals surface area (Å²) in [5.41, 5.74) is -0.642. The summed E-state index contributed by atoms with van der Waals surface area (Å²) in [6.45, 7) is 4.56. The molecule has 22 heavy (non-hydrogen) atoms. The SMILES string of the molecule is COC1(C(=O)N2CCN(c3ncccn3)CC2)CCNCC1. The number of piperazine rings is 1. The Hall–Kier alpha value is -1.73. The van der Waals surface area contributed by atoms with Crippen molar-refractivity contribution in [1.29, 1.82) is 0 Å². The average molecular weight is 305 g/mol. The molecule has 0 saturated carbocycles. The third-order valence-corrected chi connectivity index (χ3v) is 4.59. The van der Waals surface area contributed by atoms with Gasteiger partial charge in [-0.3, -0.25) is 4.79 Å². The van der Waals surface area contributed by atoms with E-state index < -0.39 is 5.60 Å². The minimum absolute atomic E-state index is 0.130. The topological polar surface area (TPSA) is 70.6 Å². The molecular formula is C15H23N5O2. The van der Waals surface area contributed by atoms with Crippen molar-refractivity contribution >= 4 is 11.9 Å². The van der Waals surface area contributed by atoms with Gasteiger partial charge in [-0.25, -0.2) is 9.97 Å². The Kier molecular flexibility index (Phi) is 4.54. The summed E-state index contributed by atoms with van der Waals surface area (Å²) in [5, 5.41) is 3.28. The zero-order chi connectivity index (χ0) is 15.4. The van der Waals surface area contributed by atoms with Crippen LogP contribution in [0, 0.1) is 0 Å². The molecule has 0 bridgehead atoms. The van der Waals surface area contributed by atoms with Gasteiger partial charge in [-0.05, 0) is 32.0 Å². The number of carbonyl (C=O) groups excluding carboxylic acids is 1. The standard InChI is InChI=1S/C15H23N5O2/c1-22-15(3-7-16-8-4-15)13(21)19-9-11-20(12-10-19)14-17-5-2-6-18-14/h2,5-6,16H,3-4,7-12H2,1H3. The number of nitrogens with zero attached hydrogens (tertiary/aromatic N) is 4. The minimum atomic E-state index is -0.642. The number of methoxy groups -OCH3 is 1. The van der Waals surface area contributed by atoms with Gasteiger partial charge in [0.1, 0.15) is 5.60 Å². The van der Waals surface area contributed by atoms with E-state index in [0.29, 0.717) is 13.1 Å². The molecule has 3 heterocycles. The van der Waals surface area contributed by atoms with Crippen molar-refractivity contribution in [3.63, 3.8) is 0 Å². The van der Waals surface area contributed by atoms with Gasteiger partial charge in [0.25, 0.3) is 5.91 Å². The van der Waals surface area contributed by atoms with Crippen LogP contribution < -0.4 is 10.2 Å². The second-order valence-corrected chi connectivity index (χ2v) is 5.78. The van der Waals surface area contributed by atoms with Gasteiger partial charge in [0.05, 0.1) is 0 Å². The van der Waals surface area contributed by atoms with E-state index in [0.717, 1.165) is 45.0 Å². The van der Waals surface area contributed by atoms with Crippen molar-refractivity contribution < 1.29 is 9.53 Å². The van der Waals surface area contributed by atoms with Crippen LogP contribution in [-0.4, -0.2) is 72.8 Å². The number of nitrogens with one attached hydrogen (secondary N) is 1. The highest BCUT2D eigenvalue weighted by molar-refractivity contribution is 5.85. The Labute approximate surface area is 130 Å². The first-order valence-electron chi connectivity index (χ1n) is 7.82. The molecule has 2 saturated heterocycles. The second-order valence-electron chi connectivity index (χ2n) is 5.78. The first kappa shape index (κ1) is 15.2. The fourth-order valence-corrected chi connectivity index (χ4v) is 3.19. The summed E-state index contributed by atoms with van der Waals surface area (Å²) >= 11 is 0. The number of aromatic nitrogens is 2. The fraction of sp³-hybridized carbons (Fsp3) is 0.667. The molecule has 0 atom stereocenters. The average Bonchev–Trinajstić information content (AvgIpc) is 2.62. The number of amides is 1. The van der Waals surface area contributed by atoms with Crippen LogP contribution in [0.25, 0.3) is 0 Å². The van der Waals surface area contributed by atoms with Crippen molar-refractivity contribution in [2.45, 2.75) is 18.4 Å². The number of ether oxygens (including phenoxy) is 1. The minimum Gasteiger partial charge on any atom is -0.368 e. The van der Waals surface area contributed by atoms with Gasteiger partial charge >= 0.3 is 0 Å². The highest BCUT2D eigenvalue weighted by Crippen LogP contribution is 2.26. The summed E-state index contributed by atoms with van der Waals surface area (Å²) in [5.74, 6) is 0.864. The first-order valence-corrected chi connectivity index (χ1v) is 7.82. The van der Waals surface area contributed by atoms with Gasteiger partial charge in [-0.1, -0.05) is 0 Å². The van der Waals surface area contributed by atoms with E-state index in [1.165, 1.54) is 0 Å². The molecule has 7 heteroatoms. The Morgan fingerprint density at radius 1 is 1.18 bits per heavy atom. The lowest BCUT2D eigenvalue weighted by Gasteiger charge is -2.42. The van der Waals surface area contributed by atoms with Gasteiger partial charge in [-0.15, -0.1) is 0 Å². The zero-order valence-corrected chi connectivity index (χ0v) is 13.0. The van der Waals surface area contributed by atoms with E-state index in [9.17, 15) is 4.79 Å². The maximum Gasteiger partial charge on any atom is 0.255 e. The molecule has 7 nitrogen and oxygen atoms in total. The van der Waals surface area contributed by atoms with Crippen molar-refractivity contribution in [2.24, 2.45) is 0 Å². The molecule has 0 radical (unpaired) electrons. The number of hydrogen-bond donors (Lipinski definition) is 1. The molecule has 120 valence electrons. The largest absolute Gasteiger partial charge is 0.368 e. The van der Waals surface area contributed by atoms with Gasteiger partial charge in [0.2, 0.25) is 5.95 Å². The molecule has 1 aromatic heterocycles. The highest BCUT2D eigenvalue weighted by atomic mass is 16.5. The molecule has 0 aliphatic carbocycles. The summed E-state index contributed by atoms with van der Waals surface area (Å²) in [4.78, 5) is 25.5. The lowest BCUT2D eigenvalue weighted by Crippen LogP contribution is -2.59. The van der Waals surface area contributed by atoms with Crippen LogP contribution >= 0.6 is 0 Å². The lowest BCUT2D eigenvalue weighted by molar-refractivity contribution is -0.158. The van der Waals surface area contributed by atoms with Crippen LogP contribution in [-0.2, 0) is 9.53 Å². The quantitative estimate of drug-likeness (QED) is 0.840. The monoisotopic (exact) mass is 305 g/mol. The Bertz CT molecular complexity index is 496. The second kappa shape index (κ2) is 6.58. The maximum absolute atomic E-state index is 12.9. The molecule has 1 amide bonds. The van der Waals surface area contributed by atoms with E-state index in [4.69, 9.17) is 4.74 Å². The smallest absolute Gasteiger partial charge is 0.255 e. The van der Waals surface area contributed by atoms with Crippen LogP contribution in [0.2, 0.25) is 0 Å². The summed E-state index contributed by atoms with van der Waals surface area (Å²) in [6, 6.07) is 1.81.